The zero-order valence-electron chi connectivity index (χ0n) is 15.5. The van der Waals surface area contributed by atoms with Crippen LogP contribution in [0.1, 0.15) is 27.1 Å². The minimum atomic E-state index is -0.654. The van der Waals surface area contributed by atoms with E-state index >= 15 is 0 Å². The molecule has 152 valence electrons. The van der Waals surface area contributed by atoms with Crippen LogP contribution in [0.25, 0.3) is 16.5 Å². The van der Waals surface area contributed by atoms with Gasteiger partial charge in [-0.15, -0.1) is 22.7 Å². The van der Waals surface area contributed by atoms with Gasteiger partial charge in [0.25, 0.3) is 11.5 Å². The predicted molar refractivity (Wildman–Crippen MR) is 118 cm³/mol. The van der Waals surface area contributed by atoms with Crippen LogP contribution in [0.2, 0.25) is 5.02 Å². The lowest BCUT2D eigenvalue weighted by Crippen LogP contribution is -2.25. The number of aromatic nitrogens is 2. The van der Waals surface area contributed by atoms with Crippen molar-refractivity contribution in [3.05, 3.63) is 73.1 Å². The van der Waals surface area contributed by atoms with E-state index in [-0.39, 0.29) is 23.6 Å². The highest BCUT2D eigenvalue weighted by Gasteiger charge is 2.23. The summed E-state index contributed by atoms with van der Waals surface area (Å²) in [6.07, 6.45) is 0. The molecule has 0 saturated carbocycles. The largest absolute Gasteiger partial charge is 0.461 e. The smallest absolute Gasteiger partial charge is 0.359 e. The Hall–Kier alpha value is -3.01. The summed E-state index contributed by atoms with van der Waals surface area (Å²) in [5.41, 5.74) is -0.0454. The minimum Gasteiger partial charge on any atom is -0.461 e. The number of nitrogens with zero attached hydrogens (tertiary/aromatic N) is 2. The second kappa shape index (κ2) is 8.39. The molecular formula is C20H14ClN3O4S2. The summed E-state index contributed by atoms with van der Waals surface area (Å²) < 4.78 is 6.23. The molecule has 0 aliphatic rings. The van der Waals surface area contributed by atoms with Crippen molar-refractivity contribution in [2.75, 3.05) is 11.9 Å². The molecule has 0 aliphatic heterocycles. The number of benzene rings is 1. The maximum absolute atomic E-state index is 13.3. The first-order valence-electron chi connectivity index (χ1n) is 8.82. The lowest BCUT2D eigenvalue weighted by Gasteiger charge is -2.10. The van der Waals surface area contributed by atoms with Crippen molar-refractivity contribution in [2.45, 2.75) is 6.92 Å². The van der Waals surface area contributed by atoms with Gasteiger partial charge in [-0.1, -0.05) is 17.7 Å². The number of hydrogen-bond acceptors (Lipinski definition) is 7. The highest BCUT2D eigenvalue weighted by Crippen LogP contribution is 2.31. The lowest BCUT2D eigenvalue weighted by molar-refractivity contribution is 0.0520. The van der Waals surface area contributed by atoms with E-state index in [0.29, 0.717) is 26.0 Å². The number of fused-ring (bicyclic) bond motifs is 1. The molecule has 1 amide bonds. The summed E-state index contributed by atoms with van der Waals surface area (Å²) in [4.78, 5) is 38.8. The molecular weight excluding hydrogens is 446 g/mol. The third-order valence-corrected chi connectivity index (χ3v) is 6.18. The summed E-state index contributed by atoms with van der Waals surface area (Å²) in [5.74, 6) is -0.986. The molecule has 1 N–H and O–H groups in total. The number of esters is 1. The summed E-state index contributed by atoms with van der Waals surface area (Å²) in [7, 11) is 0. The van der Waals surface area contributed by atoms with Crippen molar-refractivity contribution < 1.29 is 14.3 Å². The molecule has 1 aromatic carbocycles. The number of amides is 1. The SMILES string of the molecule is CCOC(=O)c1nn(-c2ccc(Cl)cc2)c(=O)c2c(NC(=O)c3cccs3)scc12. The maximum Gasteiger partial charge on any atom is 0.359 e. The van der Waals surface area contributed by atoms with Gasteiger partial charge in [0, 0.05) is 15.8 Å². The summed E-state index contributed by atoms with van der Waals surface area (Å²) >= 11 is 8.38. The van der Waals surface area contributed by atoms with Gasteiger partial charge in [0.2, 0.25) is 0 Å². The Morgan fingerprint density at radius 1 is 1.20 bits per heavy atom. The van der Waals surface area contributed by atoms with Crippen molar-refractivity contribution in [1.29, 1.82) is 0 Å². The highest BCUT2D eigenvalue weighted by atomic mass is 35.5. The third-order valence-electron chi connectivity index (χ3n) is 4.16. The van der Waals surface area contributed by atoms with Gasteiger partial charge in [0.15, 0.2) is 5.69 Å². The summed E-state index contributed by atoms with van der Waals surface area (Å²) in [6.45, 7) is 1.85. The van der Waals surface area contributed by atoms with Crippen LogP contribution in [0.5, 0.6) is 0 Å². The van der Waals surface area contributed by atoms with E-state index in [2.05, 4.69) is 10.4 Å². The van der Waals surface area contributed by atoms with Gasteiger partial charge < -0.3 is 10.1 Å². The fourth-order valence-corrected chi connectivity index (χ4v) is 4.50. The summed E-state index contributed by atoms with van der Waals surface area (Å²) in [5, 5.41) is 11.8. The fourth-order valence-electron chi connectivity index (χ4n) is 2.82. The van der Waals surface area contributed by atoms with Crippen molar-refractivity contribution in [3.63, 3.8) is 0 Å². The normalized spacial score (nSPS) is 10.9. The van der Waals surface area contributed by atoms with Gasteiger partial charge in [-0.25, -0.2) is 4.79 Å². The van der Waals surface area contributed by atoms with Crippen LogP contribution in [0.3, 0.4) is 0 Å². The fraction of sp³-hybridized carbons (Fsp3) is 0.100. The first kappa shape index (κ1) is 20.3. The molecule has 0 spiro atoms. The van der Waals surface area contributed by atoms with Crippen LogP contribution < -0.4 is 10.9 Å². The average Bonchev–Trinajstić information content (AvgIpc) is 3.40. The van der Waals surface area contributed by atoms with Gasteiger partial charge in [-0.05, 0) is 42.6 Å². The predicted octanol–water partition coefficient (Wildman–Crippen LogP) is 4.59. The van der Waals surface area contributed by atoms with E-state index < -0.39 is 11.5 Å². The maximum atomic E-state index is 13.3. The molecule has 7 nitrogen and oxygen atoms in total. The van der Waals surface area contributed by atoms with Crippen LogP contribution >= 0.6 is 34.3 Å². The molecule has 3 heterocycles. The molecule has 3 aromatic heterocycles. The van der Waals surface area contributed by atoms with E-state index in [4.69, 9.17) is 16.3 Å². The first-order chi connectivity index (χ1) is 14.5. The number of anilines is 1. The van der Waals surface area contributed by atoms with Gasteiger partial charge >= 0.3 is 5.97 Å². The van der Waals surface area contributed by atoms with Crippen LogP contribution in [0.15, 0.2) is 52.0 Å². The molecule has 0 saturated heterocycles. The number of carbonyl (C=O) groups excluding carboxylic acids is 2. The van der Waals surface area contributed by atoms with E-state index in [1.807, 2.05) is 0 Å². The minimum absolute atomic E-state index is 0.00530. The zero-order chi connectivity index (χ0) is 21.3. The van der Waals surface area contributed by atoms with Crippen LogP contribution in [-0.2, 0) is 4.74 Å². The number of halogens is 1. The van der Waals surface area contributed by atoms with Crippen molar-refractivity contribution in [2.24, 2.45) is 0 Å². The second-order valence-corrected chi connectivity index (χ2v) is 8.31. The number of nitrogens with one attached hydrogen (secondary N) is 1. The monoisotopic (exact) mass is 459 g/mol. The second-order valence-electron chi connectivity index (χ2n) is 6.05. The standard InChI is InChI=1S/C20H14ClN3O4S2/c1-2-28-20(27)16-13-10-30-18(22-17(25)14-4-3-9-29-14)15(13)19(26)24(23-16)12-7-5-11(21)6-8-12/h3-10H,2H2,1H3,(H,22,25). The Balaban J connectivity index is 1.91. The van der Waals surface area contributed by atoms with Crippen LogP contribution in [-0.4, -0.2) is 28.3 Å². The van der Waals surface area contributed by atoms with E-state index in [1.165, 1.54) is 11.3 Å². The molecule has 10 heteroatoms. The molecule has 0 atom stereocenters. The number of hydrogen-bond donors (Lipinski definition) is 1. The Bertz CT molecular complexity index is 1290. The average molecular weight is 460 g/mol. The zero-order valence-corrected chi connectivity index (χ0v) is 17.9. The molecule has 0 fully saturated rings. The molecule has 0 aliphatic carbocycles. The number of carbonyl (C=O) groups is 2. The first-order valence-corrected chi connectivity index (χ1v) is 11.0. The molecule has 4 aromatic rings. The Labute approximate surface area is 183 Å². The van der Waals surface area contributed by atoms with Crippen LogP contribution in [0, 0.1) is 0 Å². The molecule has 30 heavy (non-hydrogen) atoms. The van der Waals surface area contributed by atoms with E-state index in [9.17, 15) is 14.4 Å². The lowest BCUT2D eigenvalue weighted by atomic mass is 10.2. The van der Waals surface area contributed by atoms with E-state index in [0.717, 1.165) is 16.0 Å². The van der Waals surface area contributed by atoms with E-state index in [1.54, 1.807) is 54.1 Å². The summed E-state index contributed by atoms with van der Waals surface area (Å²) in [6, 6.07) is 9.93. The molecule has 0 radical (unpaired) electrons. The quantitative estimate of drug-likeness (QED) is 0.441. The van der Waals surface area contributed by atoms with Gasteiger partial charge in [-0.3, -0.25) is 9.59 Å². The number of ether oxygens (including phenoxy) is 1. The number of thiophene rings is 2. The molecule has 0 unspecified atom stereocenters. The van der Waals surface area contributed by atoms with Crippen molar-refractivity contribution in [3.8, 4) is 5.69 Å². The highest BCUT2D eigenvalue weighted by molar-refractivity contribution is 7.16. The number of rotatable bonds is 5. The Morgan fingerprint density at radius 2 is 1.97 bits per heavy atom. The Morgan fingerprint density at radius 3 is 2.63 bits per heavy atom. The topological polar surface area (TPSA) is 90.3 Å². The van der Waals surface area contributed by atoms with Crippen molar-refractivity contribution >= 4 is 61.9 Å². The van der Waals surface area contributed by atoms with Crippen molar-refractivity contribution in [1.82, 2.24) is 9.78 Å². The molecule has 4 rings (SSSR count). The van der Waals surface area contributed by atoms with Gasteiger partial charge in [-0.2, -0.15) is 9.78 Å². The van der Waals surface area contributed by atoms with Gasteiger partial charge in [0.1, 0.15) is 5.00 Å². The van der Waals surface area contributed by atoms with Crippen LogP contribution in [0.4, 0.5) is 5.00 Å². The molecule has 0 bridgehead atoms. The van der Waals surface area contributed by atoms with Gasteiger partial charge in [0.05, 0.1) is 22.6 Å². The Kier molecular flexibility index (Phi) is 5.67. The third kappa shape index (κ3) is 3.74.